The molecule has 0 aliphatic carbocycles. The number of nitrogens with zero attached hydrogens (tertiary/aromatic N) is 16. The molecule has 2 saturated heterocycles. The Morgan fingerprint density at radius 3 is 1.52 bits per heavy atom. The lowest BCUT2D eigenvalue weighted by molar-refractivity contribution is -0.385. The number of ether oxygens (including phenoxy) is 3. The molecule has 2 atom stereocenters. The maximum atomic E-state index is 13.0. The van der Waals surface area contributed by atoms with Gasteiger partial charge in [0, 0.05) is 129 Å². The van der Waals surface area contributed by atoms with E-state index in [0.29, 0.717) is 72.5 Å². The molecule has 2 fully saturated rings. The monoisotopic (exact) mass is 1610 g/mol. The highest BCUT2D eigenvalue weighted by Gasteiger charge is 2.32. The molecule has 115 heavy (non-hydrogen) atoms. The normalized spacial score (nSPS) is 13.7. The van der Waals surface area contributed by atoms with Crippen molar-refractivity contribution >= 4 is 82.5 Å². The third-order valence-corrected chi connectivity index (χ3v) is 15.7. The van der Waals surface area contributed by atoms with Gasteiger partial charge >= 0.3 is 36.6 Å². The number of nitrogens with two attached hydrogens (primary N) is 2. The fourth-order valence-corrected chi connectivity index (χ4v) is 10.2. The number of esters is 1. The molecule has 39 heteroatoms. The number of pyridine rings is 3. The van der Waals surface area contributed by atoms with Crippen LogP contribution in [0.2, 0.25) is 5.15 Å². The lowest BCUT2D eigenvalue weighted by Gasteiger charge is -2.24. The van der Waals surface area contributed by atoms with Crippen molar-refractivity contribution in [1.82, 2.24) is 69.5 Å². The Balaban J connectivity index is 0.000000210. The lowest BCUT2D eigenvalue weighted by atomic mass is 9.80. The summed E-state index contributed by atoms with van der Waals surface area (Å²) in [5, 5.41) is 52.4. The van der Waals surface area contributed by atoms with Crippen molar-refractivity contribution in [3.8, 4) is 22.5 Å². The molecule has 2 unspecified atom stereocenters. The molecule has 10 aromatic rings. The summed E-state index contributed by atoms with van der Waals surface area (Å²) in [7, 11) is -1.51. The highest BCUT2D eigenvalue weighted by Crippen LogP contribution is 2.29. The number of likely N-dealkylation sites (tertiary alicyclic amines) is 1. The number of amides is 2. The van der Waals surface area contributed by atoms with Crippen LogP contribution in [0.5, 0.6) is 0 Å². The minimum absolute atomic E-state index is 0.0422. The first-order chi connectivity index (χ1) is 54.6. The average Bonchev–Trinajstić information content (AvgIpc) is 1.84. The van der Waals surface area contributed by atoms with Crippen LogP contribution in [0, 0.1) is 47.8 Å². The van der Waals surface area contributed by atoms with Crippen LogP contribution in [0.25, 0.3) is 28.1 Å². The molecule has 3 aliphatic rings. The van der Waals surface area contributed by atoms with E-state index in [1.807, 2.05) is 53.7 Å². The quantitative estimate of drug-likeness (QED) is 0.0189. The first-order valence-electron chi connectivity index (χ1n) is 35.1. The average molecular weight is 1610 g/mol. The molecule has 604 valence electrons. The van der Waals surface area contributed by atoms with Gasteiger partial charge < -0.3 is 50.8 Å². The summed E-state index contributed by atoms with van der Waals surface area (Å²) in [6.07, 6.45) is 17.9. The predicted molar refractivity (Wildman–Crippen MR) is 420 cm³/mol. The molecule has 10 heterocycles. The minimum Gasteiger partial charge on any atom is -0.466 e. The zero-order valence-electron chi connectivity index (χ0n) is 63.7. The van der Waals surface area contributed by atoms with Gasteiger partial charge in [0.1, 0.15) is 57.5 Å². The van der Waals surface area contributed by atoms with Crippen LogP contribution in [0.15, 0.2) is 189 Å². The number of nitrogen functional groups attached to an aromatic ring is 2. The number of halogens is 4. The molecule has 0 spiro atoms. The molecule has 7 aromatic heterocycles. The Kier molecular flexibility index (Phi) is 35.3. The van der Waals surface area contributed by atoms with Crippen molar-refractivity contribution < 1.29 is 71.4 Å². The van der Waals surface area contributed by atoms with E-state index in [-0.39, 0.29) is 87.6 Å². The third kappa shape index (κ3) is 31.5. The van der Waals surface area contributed by atoms with E-state index in [4.69, 9.17) is 42.6 Å². The first kappa shape index (κ1) is 90.7. The van der Waals surface area contributed by atoms with E-state index < -0.39 is 38.9 Å². The van der Waals surface area contributed by atoms with Gasteiger partial charge in [-0.3, -0.25) is 44.5 Å². The van der Waals surface area contributed by atoms with Crippen molar-refractivity contribution in [2.24, 2.45) is 0 Å². The summed E-state index contributed by atoms with van der Waals surface area (Å²) in [4.78, 5) is 120. The second-order valence-corrected chi connectivity index (χ2v) is 26.8. The van der Waals surface area contributed by atoms with Gasteiger partial charge in [0.15, 0.2) is 5.82 Å². The van der Waals surface area contributed by atoms with Crippen LogP contribution >= 0.6 is 11.6 Å². The molecule has 13 rings (SSSR count). The van der Waals surface area contributed by atoms with E-state index in [1.54, 1.807) is 66.0 Å². The van der Waals surface area contributed by atoms with Crippen LogP contribution in [0.4, 0.5) is 51.5 Å². The second-order valence-electron chi connectivity index (χ2n) is 26.5. The minimum atomic E-state index is -1.51. The number of nitro groups is 3. The molecule has 0 radical (unpaired) electrons. The van der Waals surface area contributed by atoms with Crippen molar-refractivity contribution in [2.75, 3.05) is 57.3 Å². The number of aromatic nitrogens is 11. The van der Waals surface area contributed by atoms with Gasteiger partial charge in [0.2, 0.25) is 17.5 Å². The number of nitrogens with one attached hydrogen (secondary N) is 1. The molecule has 3 aliphatic heterocycles. The van der Waals surface area contributed by atoms with Gasteiger partial charge in [-0.1, -0.05) is 29.8 Å². The summed E-state index contributed by atoms with van der Waals surface area (Å²) in [5.41, 5.74) is 12.5. The molecule has 2 amide bonds. The number of anilines is 2. The zero-order valence-corrected chi connectivity index (χ0v) is 64.5. The highest BCUT2D eigenvalue weighted by atomic mass is 35.5. The Morgan fingerprint density at radius 2 is 1.09 bits per heavy atom. The number of imidazole rings is 1. The SMILES string of the molecule is CC(C)(C)OC(=O)N1CC=C(c2ncccn2)C1.CC(C)(C)OC(=O)N1CCC(c2ncccn2)C1.CCOC(C)=O.Nc1nc(-c2ccc(F)cc2)ccc1[N+](=O)[O-].Nc1nc(Cl)ccc1[N+](=O)[O-].O=C(Cc1nc(-c2ccc(F)cc2)ccc1[N+](=O)[O-])n1ccnc1.OB(O)c1ccc(F)cc1.c1cnc(C2CCNC2)nc1. The topological polar surface area (TPSA) is 470 Å². The van der Waals surface area contributed by atoms with E-state index >= 15 is 0 Å². The number of rotatable bonds is 12. The van der Waals surface area contributed by atoms with Gasteiger partial charge in [0.05, 0.1) is 45.7 Å². The van der Waals surface area contributed by atoms with Crippen LogP contribution < -0.4 is 22.2 Å². The van der Waals surface area contributed by atoms with Crippen LogP contribution in [0.1, 0.15) is 108 Å². The van der Waals surface area contributed by atoms with E-state index in [2.05, 4.69) is 59.9 Å². The van der Waals surface area contributed by atoms with Gasteiger partial charge in [-0.2, -0.15) is 0 Å². The summed E-state index contributed by atoms with van der Waals surface area (Å²) in [5.74, 6) is 1.17. The second kappa shape index (κ2) is 44.7. The Hall–Kier alpha value is -13.2. The van der Waals surface area contributed by atoms with Gasteiger partial charge in [-0.25, -0.2) is 72.6 Å². The molecular weight excluding hydrogens is 1520 g/mol. The van der Waals surface area contributed by atoms with Gasteiger partial charge in [-0.05, 0) is 170 Å². The van der Waals surface area contributed by atoms with Crippen molar-refractivity contribution in [2.45, 2.75) is 97.7 Å². The van der Waals surface area contributed by atoms with Crippen LogP contribution in [0.3, 0.4) is 0 Å². The summed E-state index contributed by atoms with van der Waals surface area (Å²) >= 11 is 5.41. The maximum Gasteiger partial charge on any atom is 0.488 e. The summed E-state index contributed by atoms with van der Waals surface area (Å²) < 4.78 is 54.2. The number of hydrogen-bond donors (Lipinski definition) is 5. The van der Waals surface area contributed by atoms with Crippen molar-refractivity contribution in [1.29, 1.82) is 0 Å². The standard InChI is InChI=1S/C16H11FN4O3.C13H19N3O2.C13H17N3O2.C11H8FN3O2.C8H11N3.C6H6BFO2.C5H4ClN3O2.C4H8O2/c17-12-3-1-11(2-4-12)13-5-6-15(21(23)24)14(19-13)9-16(22)20-8-7-18-10-20;2*1-13(2,3)18-12(17)16-8-5-10(9-16)11-14-6-4-7-15-11;12-8-3-1-7(2-4-8)9-5-6-10(15(16)17)11(13)14-9;1-3-10-8(11-4-1)7-2-5-9-6-7;8-6-3-1-5(2-4-6)7(9)10;6-4-2-1-3(9(10)11)5(7)8-4;1-3-6-4(2)5/h1-8,10H,9H2;4,6-7,10H,5,8-9H2,1-3H3;4-7H,8-9H2,1-3H3;1-6H,(H2,13,14);1,3-4,7,9H,2,5-6H2;1-4,9-10H;1-2H,(H2,7,8);3H2,1-2H3. The summed E-state index contributed by atoms with van der Waals surface area (Å²) in [6.45, 7) is 19.4. The highest BCUT2D eigenvalue weighted by molar-refractivity contribution is 6.58. The Labute approximate surface area is 663 Å². The zero-order chi connectivity index (χ0) is 84.4. The molecule has 34 nitrogen and oxygen atoms in total. The number of carbonyl (C=O) groups is 4. The van der Waals surface area contributed by atoms with E-state index in [0.717, 1.165) is 36.7 Å². The molecule has 0 saturated carbocycles. The fourth-order valence-electron chi connectivity index (χ4n) is 10.1. The Morgan fingerprint density at radius 1 is 0.617 bits per heavy atom. The molecule has 3 aromatic carbocycles. The van der Waals surface area contributed by atoms with Crippen molar-refractivity contribution in [3.05, 3.63) is 265 Å². The number of hydrogen-bond acceptors (Lipinski definition) is 28. The van der Waals surface area contributed by atoms with Gasteiger partial charge in [-0.15, -0.1) is 0 Å². The first-order valence-corrected chi connectivity index (χ1v) is 35.5. The third-order valence-electron chi connectivity index (χ3n) is 15.4. The largest absolute Gasteiger partial charge is 0.488 e. The molecular formula is C76H84BClF3N19O15. The number of carbonyl (C=O) groups excluding carboxylic acids is 4. The lowest BCUT2D eigenvalue weighted by Crippen LogP contribution is -2.35. The van der Waals surface area contributed by atoms with Crippen molar-refractivity contribution in [3.63, 3.8) is 0 Å². The Bertz CT molecular complexity index is 4810. The number of benzene rings is 3. The summed E-state index contributed by atoms with van der Waals surface area (Å²) in [6, 6.07) is 29.7. The maximum absolute atomic E-state index is 13.0. The van der Waals surface area contributed by atoms with E-state index in [9.17, 15) is 62.7 Å². The molecule has 7 N–H and O–H groups in total. The van der Waals surface area contributed by atoms with Crippen LogP contribution in [-0.2, 0) is 25.4 Å². The smallest absolute Gasteiger partial charge is 0.466 e. The molecule has 0 bridgehead atoms. The fraction of sp³-hybridized carbons (Fsp3) is 0.289. The predicted octanol–water partition coefficient (Wildman–Crippen LogP) is 11.4. The van der Waals surface area contributed by atoms with Crippen LogP contribution in [-0.4, -0.2) is 177 Å². The van der Waals surface area contributed by atoms with E-state index in [1.165, 1.54) is 146 Å². The van der Waals surface area contributed by atoms with Gasteiger partial charge in [0.25, 0.3) is 5.69 Å².